The summed E-state index contributed by atoms with van der Waals surface area (Å²) in [5, 5.41) is 9.75. The molecule has 0 unspecified atom stereocenters. The number of carbonyl (C=O) groups is 1. The fourth-order valence-corrected chi connectivity index (χ4v) is 3.91. The lowest BCUT2D eigenvalue weighted by atomic mass is 9.99. The molecule has 32 heavy (non-hydrogen) atoms. The zero-order valence-electron chi connectivity index (χ0n) is 19.2. The molecule has 0 saturated carbocycles. The van der Waals surface area contributed by atoms with Gasteiger partial charge in [0.2, 0.25) is 5.88 Å². The molecule has 1 aliphatic heterocycles. The van der Waals surface area contributed by atoms with Gasteiger partial charge in [0.15, 0.2) is 0 Å². The van der Waals surface area contributed by atoms with Gasteiger partial charge in [-0.2, -0.15) is 0 Å². The molecule has 1 aliphatic rings. The van der Waals surface area contributed by atoms with Crippen molar-refractivity contribution >= 4 is 12.0 Å². The highest BCUT2D eigenvalue weighted by molar-refractivity contribution is 5.97. The molecule has 1 amide bonds. The van der Waals surface area contributed by atoms with Crippen LogP contribution in [-0.2, 0) is 6.54 Å². The molecule has 2 heterocycles. The third kappa shape index (κ3) is 5.53. The topological polar surface area (TPSA) is 65.9 Å². The van der Waals surface area contributed by atoms with Crippen LogP contribution in [0.25, 0.3) is 6.08 Å². The quantitative estimate of drug-likeness (QED) is 0.711. The Balaban J connectivity index is 1.90. The van der Waals surface area contributed by atoms with Gasteiger partial charge in [0.25, 0.3) is 5.91 Å². The van der Waals surface area contributed by atoms with Crippen LogP contribution in [0.1, 0.15) is 42.3 Å². The fraction of sp³-hybridized carbons (Fsp3) is 0.440. The summed E-state index contributed by atoms with van der Waals surface area (Å²) >= 11 is 0. The molecule has 172 valence electrons. The van der Waals surface area contributed by atoms with E-state index in [2.05, 4.69) is 4.98 Å². The van der Waals surface area contributed by atoms with Crippen molar-refractivity contribution in [3.63, 3.8) is 0 Å². The average molecular weight is 442 g/mol. The zero-order chi connectivity index (χ0) is 23.3. The summed E-state index contributed by atoms with van der Waals surface area (Å²) in [5.41, 5.74) is 1.81. The molecule has 1 N–H and O–H groups in total. The van der Waals surface area contributed by atoms with Gasteiger partial charge in [-0.25, -0.2) is 9.37 Å². The molecule has 2 aromatic rings. The first-order valence-electron chi connectivity index (χ1n) is 11.0. The molecule has 6 nitrogen and oxygen atoms in total. The van der Waals surface area contributed by atoms with E-state index in [-0.39, 0.29) is 42.3 Å². The van der Waals surface area contributed by atoms with Gasteiger partial charge in [-0.3, -0.25) is 9.69 Å². The van der Waals surface area contributed by atoms with Crippen molar-refractivity contribution in [2.45, 2.75) is 39.5 Å². The number of nitrogens with zero attached hydrogens (tertiary/aromatic N) is 3. The maximum atomic E-state index is 14.1. The number of benzene rings is 1. The minimum absolute atomic E-state index is 0.0267. The van der Waals surface area contributed by atoms with Crippen LogP contribution in [0.4, 0.5) is 4.39 Å². The molecule has 0 spiro atoms. The van der Waals surface area contributed by atoms with E-state index in [4.69, 9.17) is 4.74 Å². The van der Waals surface area contributed by atoms with E-state index in [1.807, 2.05) is 50.9 Å². The maximum absolute atomic E-state index is 14.1. The van der Waals surface area contributed by atoms with E-state index in [9.17, 15) is 14.3 Å². The molecule has 0 saturated heterocycles. The van der Waals surface area contributed by atoms with Crippen LogP contribution in [0.2, 0.25) is 0 Å². The summed E-state index contributed by atoms with van der Waals surface area (Å²) in [5.74, 6) is -0.177. The van der Waals surface area contributed by atoms with Gasteiger partial charge < -0.3 is 14.7 Å². The first-order valence-corrected chi connectivity index (χ1v) is 11.0. The number of aliphatic hydroxyl groups is 1. The Bertz CT molecular complexity index is 965. The lowest BCUT2D eigenvalue weighted by molar-refractivity contribution is 0.0324. The van der Waals surface area contributed by atoms with Crippen molar-refractivity contribution in [1.82, 2.24) is 14.8 Å². The number of likely N-dealkylation sites (N-methyl/N-ethyl adjacent to an activating group) is 1. The van der Waals surface area contributed by atoms with E-state index in [0.717, 1.165) is 5.56 Å². The normalized spacial score (nSPS) is 20.1. The van der Waals surface area contributed by atoms with Crippen LogP contribution in [0, 0.1) is 11.7 Å². The molecular formula is C25H32FN3O3. The van der Waals surface area contributed by atoms with Gasteiger partial charge in [0.05, 0.1) is 12.6 Å². The minimum atomic E-state index is -0.335. The highest BCUT2D eigenvalue weighted by Crippen LogP contribution is 2.28. The molecule has 1 aromatic heterocycles. The number of hydrogen-bond donors (Lipinski definition) is 1. The summed E-state index contributed by atoms with van der Waals surface area (Å²) in [7, 11) is 1.92. The van der Waals surface area contributed by atoms with E-state index in [0.29, 0.717) is 30.8 Å². The molecular weight excluding hydrogens is 409 g/mol. The van der Waals surface area contributed by atoms with Crippen molar-refractivity contribution < 1.29 is 19.0 Å². The Morgan fingerprint density at radius 3 is 2.84 bits per heavy atom. The Hall–Kier alpha value is -2.77. The van der Waals surface area contributed by atoms with Gasteiger partial charge in [0.1, 0.15) is 17.5 Å². The molecule has 0 bridgehead atoms. The number of pyridine rings is 1. The number of fused-ring (bicyclic) bond motifs is 1. The Kier molecular flexibility index (Phi) is 7.99. The van der Waals surface area contributed by atoms with Crippen molar-refractivity contribution in [2.24, 2.45) is 5.92 Å². The number of ether oxygens (including phenoxy) is 1. The lowest BCUT2D eigenvalue weighted by Gasteiger charge is -2.37. The summed E-state index contributed by atoms with van der Waals surface area (Å²) in [6, 6.07) is 8.18. The van der Waals surface area contributed by atoms with Crippen molar-refractivity contribution in [3.05, 3.63) is 65.1 Å². The SMILES string of the molecule is C/C=C/c1cnc2c(c1)C(=O)N([C@H](C)CO)C[C@H](C)[C@H](CN(C)Cc1ccccc1F)O2. The van der Waals surface area contributed by atoms with Gasteiger partial charge in [-0.05, 0) is 38.6 Å². The van der Waals surface area contributed by atoms with Crippen molar-refractivity contribution in [3.8, 4) is 5.88 Å². The maximum Gasteiger partial charge on any atom is 0.259 e. The summed E-state index contributed by atoms with van der Waals surface area (Å²) in [4.78, 5) is 21.5. The number of aliphatic hydroxyl groups excluding tert-OH is 1. The number of aromatic nitrogens is 1. The van der Waals surface area contributed by atoms with Crippen LogP contribution < -0.4 is 4.74 Å². The molecule has 0 fully saturated rings. The van der Waals surface area contributed by atoms with E-state index in [1.54, 1.807) is 29.3 Å². The predicted molar refractivity (Wildman–Crippen MR) is 123 cm³/mol. The fourth-order valence-electron chi connectivity index (χ4n) is 3.91. The highest BCUT2D eigenvalue weighted by atomic mass is 19.1. The first-order chi connectivity index (χ1) is 15.3. The minimum Gasteiger partial charge on any atom is -0.472 e. The molecule has 3 rings (SSSR count). The number of halogens is 1. The second-order valence-electron chi connectivity index (χ2n) is 8.53. The largest absolute Gasteiger partial charge is 0.472 e. The first kappa shape index (κ1) is 23.9. The summed E-state index contributed by atoms with van der Waals surface area (Å²) in [6.45, 7) is 7.03. The number of allylic oxidation sites excluding steroid dienone is 1. The zero-order valence-corrected chi connectivity index (χ0v) is 19.2. The molecule has 0 radical (unpaired) electrons. The monoisotopic (exact) mass is 441 g/mol. The van der Waals surface area contributed by atoms with Gasteiger partial charge in [0, 0.05) is 37.3 Å². The number of amides is 1. The summed E-state index contributed by atoms with van der Waals surface area (Å²) < 4.78 is 20.4. The van der Waals surface area contributed by atoms with Crippen LogP contribution in [0.15, 0.2) is 42.6 Å². The molecule has 1 aromatic carbocycles. The standard InChI is InChI=1S/C25H32FN3O3/c1-5-8-19-11-21-24(27-12-19)32-23(17(2)13-29(25(21)31)18(3)16-30)15-28(4)14-20-9-6-7-10-22(20)26/h5-12,17-18,23,30H,13-16H2,1-4H3/b8-5+/t17-,18+,23-/m0/s1. The van der Waals surface area contributed by atoms with Crippen LogP contribution in [0.5, 0.6) is 5.88 Å². The number of rotatable bonds is 7. The second-order valence-corrected chi connectivity index (χ2v) is 8.53. The Morgan fingerprint density at radius 1 is 1.41 bits per heavy atom. The third-order valence-corrected chi connectivity index (χ3v) is 5.79. The van der Waals surface area contributed by atoms with Crippen LogP contribution in [0.3, 0.4) is 0 Å². The Morgan fingerprint density at radius 2 is 2.16 bits per heavy atom. The van der Waals surface area contributed by atoms with E-state index < -0.39 is 0 Å². The van der Waals surface area contributed by atoms with Gasteiger partial charge in [-0.15, -0.1) is 0 Å². The highest BCUT2D eigenvalue weighted by Gasteiger charge is 2.34. The Labute approximate surface area is 189 Å². The number of carbonyl (C=O) groups excluding carboxylic acids is 1. The molecule has 0 aliphatic carbocycles. The lowest BCUT2D eigenvalue weighted by Crippen LogP contribution is -2.49. The molecule has 7 heteroatoms. The van der Waals surface area contributed by atoms with Crippen LogP contribution >= 0.6 is 0 Å². The van der Waals surface area contributed by atoms with E-state index in [1.165, 1.54) is 6.07 Å². The predicted octanol–water partition coefficient (Wildman–Crippen LogP) is 3.61. The van der Waals surface area contributed by atoms with E-state index >= 15 is 0 Å². The number of hydrogen-bond acceptors (Lipinski definition) is 5. The van der Waals surface area contributed by atoms with Gasteiger partial charge in [-0.1, -0.05) is 37.3 Å². The second kappa shape index (κ2) is 10.7. The van der Waals surface area contributed by atoms with Gasteiger partial charge >= 0.3 is 0 Å². The van der Waals surface area contributed by atoms with Crippen molar-refractivity contribution in [2.75, 3.05) is 26.7 Å². The smallest absolute Gasteiger partial charge is 0.259 e. The third-order valence-electron chi connectivity index (χ3n) is 5.79. The molecule has 3 atom stereocenters. The van der Waals surface area contributed by atoms with Crippen LogP contribution in [-0.4, -0.2) is 64.7 Å². The summed E-state index contributed by atoms with van der Waals surface area (Å²) in [6.07, 6.45) is 5.17. The van der Waals surface area contributed by atoms with Crippen molar-refractivity contribution in [1.29, 1.82) is 0 Å². The average Bonchev–Trinajstić information content (AvgIpc) is 2.78.